The first kappa shape index (κ1) is 55.3. The summed E-state index contributed by atoms with van der Waals surface area (Å²) in [6.07, 6.45) is 3.73. The molecule has 7 rings (SSSR count). The quantitative estimate of drug-likeness (QED) is 0.0176. The number of benzene rings is 2. The number of nitrogens with one attached hydrogen (secondary N) is 4. The molecule has 19 nitrogen and oxygen atoms in total. The molecule has 1 fully saturated rings. The molecule has 4 amide bonds. The molecule has 3 aromatic heterocycles. The van der Waals surface area contributed by atoms with Crippen LogP contribution in [0.25, 0.3) is 10.9 Å². The number of methoxy groups -OCH3 is 1. The number of thioether (sulfide) groups is 1. The molecule has 0 saturated carbocycles. The summed E-state index contributed by atoms with van der Waals surface area (Å²) in [5.74, 6) is -2.47. The lowest BCUT2D eigenvalue weighted by Crippen LogP contribution is -3.00. The molecule has 0 bridgehead atoms. The minimum atomic E-state index is -1.13. The molecular weight excluding hydrogens is 1130 g/mol. The van der Waals surface area contributed by atoms with E-state index in [2.05, 4.69) is 26.1 Å². The summed E-state index contributed by atoms with van der Waals surface area (Å²) >= 11 is 15.2. The number of esters is 1. The first-order valence-corrected chi connectivity index (χ1v) is 24.2. The second kappa shape index (κ2) is 22.8. The number of halogens is 4. The number of aromatic nitrogens is 3. The minimum absolute atomic E-state index is 0. The summed E-state index contributed by atoms with van der Waals surface area (Å²) in [6, 6.07) is 12.0. The molecule has 72 heavy (non-hydrogen) atoms. The van der Waals surface area contributed by atoms with Crippen molar-refractivity contribution in [2.75, 3.05) is 25.3 Å². The fourth-order valence-electron chi connectivity index (χ4n) is 7.29. The lowest BCUT2D eigenvalue weighted by atomic mass is 10.0. The Hall–Kier alpha value is -6.02. The van der Waals surface area contributed by atoms with E-state index in [9.17, 15) is 24.0 Å². The van der Waals surface area contributed by atoms with E-state index in [1.165, 1.54) is 36.9 Å². The van der Waals surface area contributed by atoms with Gasteiger partial charge in [-0.2, -0.15) is 4.57 Å². The van der Waals surface area contributed by atoms with E-state index in [4.69, 9.17) is 52.4 Å². The highest BCUT2D eigenvalue weighted by molar-refractivity contribution is 8.00. The highest BCUT2D eigenvalue weighted by atomic mass is 127. The van der Waals surface area contributed by atoms with Gasteiger partial charge in [0.15, 0.2) is 29.8 Å². The number of carbonyl (C=O) groups excluding carboxylic acids is 5. The van der Waals surface area contributed by atoms with Crippen LogP contribution in [0.3, 0.4) is 0 Å². The zero-order valence-electron chi connectivity index (χ0n) is 40.0. The Labute approximate surface area is 448 Å². The molecule has 2 aliphatic heterocycles. The molecule has 5 heterocycles. The Morgan fingerprint density at radius 1 is 1.00 bits per heavy atom. The third-order valence-electron chi connectivity index (χ3n) is 10.4. The molecule has 382 valence electrons. The summed E-state index contributed by atoms with van der Waals surface area (Å²) in [4.78, 5) is 77.4. The van der Waals surface area contributed by atoms with E-state index in [1.807, 2.05) is 22.9 Å². The van der Waals surface area contributed by atoms with Crippen molar-refractivity contribution in [3.8, 4) is 5.75 Å². The number of pyridine rings is 1. The molecule has 2 atom stereocenters. The van der Waals surface area contributed by atoms with Gasteiger partial charge in [0.2, 0.25) is 0 Å². The normalized spacial score (nSPS) is 15.7. The maximum absolute atomic E-state index is 15.7. The molecule has 0 aliphatic carbocycles. The summed E-state index contributed by atoms with van der Waals surface area (Å²) in [7, 11) is 2.75. The van der Waals surface area contributed by atoms with Crippen LogP contribution in [-0.4, -0.2) is 98.6 Å². The van der Waals surface area contributed by atoms with E-state index in [0.29, 0.717) is 22.4 Å². The number of amidine groups is 1. The molecule has 2 aliphatic rings. The first-order valence-electron chi connectivity index (χ1n) is 21.6. The second-order valence-corrected chi connectivity index (χ2v) is 21.1. The summed E-state index contributed by atoms with van der Waals surface area (Å²) < 4.78 is 40.9. The fraction of sp³-hybridized carbons (Fsp3) is 0.340. The highest BCUT2D eigenvalue weighted by Gasteiger charge is 2.55. The average Bonchev–Trinajstić information content (AvgIpc) is 3.87. The van der Waals surface area contributed by atoms with Crippen molar-refractivity contribution < 1.29 is 80.7 Å². The van der Waals surface area contributed by atoms with Gasteiger partial charge in [0.25, 0.3) is 11.8 Å². The topological polar surface area (TPSA) is 229 Å². The maximum atomic E-state index is 15.7. The lowest BCUT2D eigenvalue weighted by Gasteiger charge is -2.49. The SMILES string of the molecule is CO/N=C(\C(=O)N[C@@H]1C(=O)N2C(C(=O)OCc3ccc(OC)cc3)=C(C[n+]3ccc4ccn(Cc5c(F)cc(C(=N)NC(=O)OC(C)(C)C)cc5Cl)c4c3)CS[C@H]12)c1nc(NC(=O)OC(C)(C)C)sc1Cl.[I-]. The van der Waals surface area contributed by atoms with Crippen LogP contribution in [0.15, 0.2) is 83.5 Å². The predicted octanol–water partition coefficient (Wildman–Crippen LogP) is 4.54. The van der Waals surface area contributed by atoms with Crippen LogP contribution in [0.5, 0.6) is 5.75 Å². The number of amides is 4. The molecule has 0 radical (unpaired) electrons. The number of thiazole rings is 1. The molecular formula is C47H49Cl2FIN9O10S2. The van der Waals surface area contributed by atoms with Gasteiger partial charge in [-0.25, -0.2) is 23.8 Å². The number of ether oxygens (including phenoxy) is 4. The number of β-lactam (4-membered cyclic amide) rings is 1. The fourth-order valence-corrected chi connectivity index (χ4v) is 9.92. The lowest BCUT2D eigenvalue weighted by molar-refractivity contribution is -0.687. The van der Waals surface area contributed by atoms with Crippen molar-refractivity contribution in [1.29, 1.82) is 5.41 Å². The van der Waals surface area contributed by atoms with E-state index in [-0.39, 0.29) is 92.1 Å². The van der Waals surface area contributed by atoms with Gasteiger partial charge in [-0.15, -0.1) is 11.8 Å². The summed E-state index contributed by atoms with van der Waals surface area (Å²) in [5, 5.41) is 19.7. The van der Waals surface area contributed by atoms with Crippen molar-refractivity contribution in [1.82, 2.24) is 25.1 Å². The number of fused-ring (bicyclic) bond motifs is 2. The van der Waals surface area contributed by atoms with Crippen LogP contribution in [0, 0.1) is 11.2 Å². The average molecular weight is 1180 g/mol. The number of rotatable bonds is 14. The van der Waals surface area contributed by atoms with E-state index < -0.39 is 64.2 Å². The van der Waals surface area contributed by atoms with Gasteiger partial charge in [-0.3, -0.25) is 30.5 Å². The molecule has 0 unspecified atom stereocenters. The monoisotopic (exact) mass is 1180 g/mol. The number of oxime groups is 1. The Bertz CT molecular complexity index is 2990. The summed E-state index contributed by atoms with van der Waals surface area (Å²) in [6.45, 7) is 10.1. The van der Waals surface area contributed by atoms with E-state index >= 15 is 4.39 Å². The number of anilines is 1. The number of hydrogen-bond donors (Lipinski definition) is 4. The molecule has 4 N–H and O–H groups in total. The largest absolute Gasteiger partial charge is 1.00 e. The molecule has 1 saturated heterocycles. The number of nitrogens with zero attached hydrogens (tertiary/aromatic N) is 5. The highest BCUT2D eigenvalue weighted by Crippen LogP contribution is 2.41. The standard InChI is InChI=1S/C47H48Cl2FN9O10S2.HI/c1-46(2,3)68-44(63)54-38(51)26-17-30(48)29(31(50)18-26)20-58-16-14-25-13-15-57(21-32(25)58)19-27-23-70-41-35(40(61)59(41)36(27)42(62)67-22-24-9-11-28(65-7)12-10-24)52-39(60)34(56-66-8)33-37(49)71-43(53-33)55-45(64)69-47(4,5)6;/h9-18,21,35,41H,19-20,22-23H2,1-8H3,(H3-,51,52,53,54,55,60,63,64);1H/b56-34-;/t35-,41-;/m1./s1. The smallest absolute Gasteiger partial charge is 0.413 e. The third kappa shape index (κ3) is 13.1. The Morgan fingerprint density at radius 2 is 1.69 bits per heavy atom. The zero-order chi connectivity index (χ0) is 51.5. The first-order chi connectivity index (χ1) is 33.5. The number of hydrogen-bond acceptors (Lipinski definition) is 15. The summed E-state index contributed by atoms with van der Waals surface area (Å²) in [5.41, 5.74) is -0.0189. The zero-order valence-corrected chi connectivity index (χ0v) is 45.3. The van der Waals surface area contributed by atoms with Gasteiger partial charge in [0.05, 0.1) is 13.7 Å². The third-order valence-corrected chi connectivity index (χ3v) is 13.2. The van der Waals surface area contributed by atoms with E-state index in [1.54, 1.807) is 82.8 Å². The number of carbonyl (C=O) groups is 5. The Balaban J connectivity index is 0.00000847. The number of alkyl carbamates (subject to hydrolysis) is 1. The van der Waals surface area contributed by atoms with Crippen molar-refractivity contribution in [3.63, 3.8) is 0 Å². The Kier molecular flexibility index (Phi) is 17.5. The van der Waals surface area contributed by atoms with Crippen LogP contribution in [0.4, 0.5) is 19.1 Å². The van der Waals surface area contributed by atoms with Gasteiger partial charge < -0.3 is 57.6 Å². The van der Waals surface area contributed by atoms with Crippen molar-refractivity contribution in [2.45, 2.75) is 83.9 Å². The van der Waals surface area contributed by atoms with Crippen LogP contribution in [0.1, 0.15) is 63.9 Å². The Morgan fingerprint density at radius 3 is 2.35 bits per heavy atom. The second-order valence-electron chi connectivity index (χ2n) is 17.9. The molecule has 5 aromatic rings. The van der Waals surface area contributed by atoms with Gasteiger partial charge >= 0.3 is 18.2 Å². The van der Waals surface area contributed by atoms with Gasteiger partial charge in [0, 0.05) is 45.1 Å². The molecule has 0 spiro atoms. The van der Waals surface area contributed by atoms with Crippen LogP contribution in [-0.2, 0) is 53.1 Å². The predicted molar refractivity (Wildman–Crippen MR) is 264 cm³/mol. The van der Waals surface area contributed by atoms with Crippen LogP contribution < -0.4 is 49.2 Å². The minimum Gasteiger partial charge on any atom is -1.00 e. The van der Waals surface area contributed by atoms with Crippen molar-refractivity contribution in [2.24, 2.45) is 5.16 Å². The van der Waals surface area contributed by atoms with Crippen molar-refractivity contribution >= 4 is 104 Å². The van der Waals surface area contributed by atoms with Crippen LogP contribution in [0.2, 0.25) is 9.36 Å². The van der Waals surface area contributed by atoms with Crippen LogP contribution >= 0.6 is 46.3 Å². The van der Waals surface area contributed by atoms with Crippen molar-refractivity contribution in [3.05, 3.63) is 116 Å². The van der Waals surface area contributed by atoms with Gasteiger partial charge in [-0.1, -0.05) is 51.8 Å². The van der Waals surface area contributed by atoms with Gasteiger partial charge in [-0.05, 0) is 77.4 Å². The van der Waals surface area contributed by atoms with E-state index in [0.717, 1.165) is 22.8 Å². The molecule has 2 aromatic carbocycles. The maximum Gasteiger partial charge on any atom is 0.413 e. The molecule has 25 heteroatoms. The van der Waals surface area contributed by atoms with Gasteiger partial charge in [0.1, 0.15) is 75.0 Å².